The van der Waals surface area contributed by atoms with Crippen LogP contribution in [-0.4, -0.2) is 11.8 Å². The van der Waals surface area contributed by atoms with Gasteiger partial charge in [-0.2, -0.15) is 0 Å². The van der Waals surface area contributed by atoms with Crippen LogP contribution in [0.5, 0.6) is 0 Å². The average Bonchev–Trinajstić information content (AvgIpc) is 1.33. The highest BCUT2D eigenvalue weighted by Gasteiger charge is 1.60. The molecule has 42 valence electrons. The largest absolute Gasteiger partial charge is 0.352 e. The normalized spacial score (nSPS) is 5.29. The molecule has 0 aromatic rings. The van der Waals surface area contributed by atoms with E-state index < -0.39 is 6.03 Å². The number of amides is 2. The van der Waals surface area contributed by atoms with Crippen LogP contribution in [0.2, 0.25) is 0 Å². The van der Waals surface area contributed by atoms with Crippen LogP contribution in [0.3, 0.4) is 0 Å². The molecular formula is C2H5ClN2O2. The third-order valence-electron chi connectivity index (χ3n) is 0. The van der Waals surface area contributed by atoms with Crippen molar-refractivity contribution in [2.45, 2.75) is 0 Å². The van der Waals surface area contributed by atoms with E-state index in [1.165, 1.54) is 0 Å². The summed E-state index contributed by atoms with van der Waals surface area (Å²) in [6, 6.07) is -0.833. The van der Waals surface area contributed by atoms with Gasteiger partial charge in [-0.15, -0.1) is 0 Å². The van der Waals surface area contributed by atoms with E-state index in [9.17, 15) is 0 Å². The number of carbonyl (C=O) groups is 2. The first-order valence-corrected chi connectivity index (χ1v) is 1.67. The fourth-order valence-electron chi connectivity index (χ4n) is 0. The Bertz CT molecular complexity index is 60.7. The molecule has 0 rings (SSSR count). The summed E-state index contributed by atoms with van der Waals surface area (Å²) < 4.78 is 0. The second-order valence-corrected chi connectivity index (χ2v) is 0.670. The zero-order valence-electron chi connectivity index (χ0n) is 3.43. The van der Waals surface area contributed by atoms with Crippen molar-refractivity contribution in [3.8, 4) is 0 Å². The van der Waals surface area contributed by atoms with Gasteiger partial charge in [0.2, 0.25) is 5.75 Å². The lowest BCUT2D eigenvalue weighted by Gasteiger charge is -1.62. The summed E-state index contributed by atoms with van der Waals surface area (Å²) in [5.74, 6) is 0.222. The van der Waals surface area contributed by atoms with Gasteiger partial charge in [-0.3, -0.25) is 4.79 Å². The molecule has 0 aliphatic heterocycles. The van der Waals surface area contributed by atoms with Crippen LogP contribution in [-0.2, 0) is 4.79 Å². The number of nitrogens with two attached hydrogens (primary N) is 2. The summed E-state index contributed by atoms with van der Waals surface area (Å²) in [6.45, 7) is 0. The molecule has 0 radical (unpaired) electrons. The van der Waals surface area contributed by atoms with Crippen molar-refractivity contribution in [1.82, 2.24) is 0 Å². The van der Waals surface area contributed by atoms with Crippen molar-refractivity contribution >= 4 is 23.4 Å². The number of rotatable bonds is 0. The lowest BCUT2D eigenvalue weighted by atomic mass is 11.2. The first kappa shape index (κ1) is 9.52. The number of halogens is 1. The fourth-order valence-corrected chi connectivity index (χ4v) is 0. The average molecular weight is 125 g/mol. The zero-order chi connectivity index (χ0) is 6.28. The Labute approximate surface area is 45.4 Å². The molecule has 0 aliphatic rings. The molecule has 0 heterocycles. The molecular weight excluding hydrogens is 119 g/mol. The number of primary amides is 2. The Balaban J connectivity index is 0. The van der Waals surface area contributed by atoms with Gasteiger partial charge < -0.3 is 11.5 Å². The van der Waals surface area contributed by atoms with Gasteiger partial charge in [0.1, 0.15) is 0 Å². The Morgan fingerprint density at radius 3 is 1.57 bits per heavy atom. The number of urea groups is 1. The summed E-state index contributed by atoms with van der Waals surface area (Å²) >= 11 is 4.32. The first-order chi connectivity index (χ1) is 3.15. The molecule has 0 bridgehead atoms. The minimum absolute atomic E-state index is 0.222. The molecule has 0 aromatic carbocycles. The Hall–Kier alpha value is -0.770. The molecule has 0 unspecified atom stereocenters. The fraction of sp³-hybridized carbons (Fsp3) is 0. The lowest BCUT2D eigenvalue weighted by Crippen LogP contribution is -2.18. The first-order valence-electron chi connectivity index (χ1n) is 1.24. The summed E-state index contributed by atoms with van der Waals surface area (Å²) in [7, 11) is 0. The van der Waals surface area contributed by atoms with Gasteiger partial charge in [0, 0.05) is 0 Å². The van der Waals surface area contributed by atoms with Gasteiger partial charge in [0.15, 0.2) is 0 Å². The molecule has 0 saturated carbocycles. The van der Waals surface area contributed by atoms with Gasteiger partial charge in [-0.25, -0.2) is 4.79 Å². The highest BCUT2D eigenvalue weighted by Crippen LogP contribution is 1.42. The van der Waals surface area contributed by atoms with Crippen molar-refractivity contribution in [3.63, 3.8) is 0 Å². The molecule has 0 aliphatic carbocycles. The molecule has 4 N–H and O–H groups in total. The van der Waals surface area contributed by atoms with Crippen molar-refractivity contribution in [3.05, 3.63) is 0 Å². The van der Waals surface area contributed by atoms with E-state index in [4.69, 9.17) is 9.59 Å². The van der Waals surface area contributed by atoms with E-state index >= 15 is 0 Å². The van der Waals surface area contributed by atoms with Crippen molar-refractivity contribution < 1.29 is 9.59 Å². The summed E-state index contributed by atoms with van der Waals surface area (Å²) in [5.41, 5.74) is 8.50. The van der Waals surface area contributed by atoms with E-state index in [2.05, 4.69) is 23.1 Å². The summed E-state index contributed by atoms with van der Waals surface area (Å²) in [5, 5.41) is 0. The molecule has 0 spiro atoms. The Kier molecular flexibility index (Phi) is 12.2. The Morgan fingerprint density at radius 2 is 1.57 bits per heavy atom. The topological polar surface area (TPSA) is 86.2 Å². The van der Waals surface area contributed by atoms with Gasteiger partial charge in [-0.1, -0.05) is 0 Å². The molecule has 7 heavy (non-hydrogen) atoms. The molecule has 5 heteroatoms. The second-order valence-electron chi connectivity index (χ2n) is 0.491. The van der Waals surface area contributed by atoms with Gasteiger partial charge in [0.25, 0.3) is 0 Å². The number of hydrogen-bond donors (Lipinski definition) is 2. The summed E-state index contributed by atoms with van der Waals surface area (Å²) in [6.07, 6.45) is 0. The molecule has 0 fully saturated rings. The minimum atomic E-state index is -0.833. The van der Waals surface area contributed by atoms with Gasteiger partial charge >= 0.3 is 6.03 Å². The van der Waals surface area contributed by atoms with Crippen LogP contribution in [0.15, 0.2) is 0 Å². The van der Waals surface area contributed by atoms with Crippen LogP contribution >= 0.6 is 11.6 Å². The highest BCUT2D eigenvalue weighted by molar-refractivity contribution is 6.54. The van der Waals surface area contributed by atoms with Crippen molar-refractivity contribution in [1.29, 1.82) is 0 Å². The van der Waals surface area contributed by atoms with E-state index in [0.717, 1.165) is 0 Å². The maximum atomic E-state index is 9.00. The van der Waals surface area contributed by atoms with Crippen molar-refractivity contribution in [2.24, 2.45) is 11.5 Å². The molecule has 0 aromatic heterocycles. The minimum Gasteiger partial charge on any atom is -0.352 e. The number of carbonyl (C=O) groups excluding carboxylic acids is 2. The second kappa shape index (κ2) is 8.97. The maximum absolute atomic E-state index is 9.00. The predicted octanol–water partition coefficient (Wildman–Crippen LogP) is -0.561. The standard InChI is InChI=1S/CHClO.CH4N2O/c2-1-3;2-1(3)4/h1H;(H4,2,3,4). The molecule has 4 nitrogen and oxygen atoms in total. The zero-order valence-corrected chi connectivity index (χ0v) is 4.18. The maximum Gasteiger partial charge on any atom is 0.309 e. The molecule has 2 amide bonds. The van der Waals surface area contributed by atoms with Crippen LogP contribution in [0.4, 0.5) is 4.79 Å². The Morgan fingerprint density at radius 1 is 1.57 bits per heavy atom. The van der Waals surface area contributed by atoms with Gasteiger partial charge in [-0.05, 0) is 11.6 Å². The quantitative estimate of drug-likeness (QED) is 0.335. The predicted molar refractivity (Wildman–Crippen MR) is 26.4 cm³/mol. The van der Waals surface area contributed by atoms with E-state index in [0.29, 0.717) is 0 Å². The van der Waals surface area contributed by atoms with E-state index in [1.807, 2.05) is 0 Å². The van der Waals surface area contributed by atoms with Gasteiger partial charge in [0.05, 0.1) is 0 Å². The van der Waals surface area contributed by atoms with Crippen LogP contribution in [0.25, 0.3) is 0 Å². The highest BCUT2D eigenvalue weighted by atomic mass is 35.5. The van der Waals surface area contributed by atoms with Crippen molar-refractivity contribution in [2.75, 3.05) is 0 Å². The molecule has 0 saturated heterocycles. The summed E-state index contributed by atoms with van der Waals surface area (Å²) in [4.78, 5) is 17.6. The van der Waals surface area contributed by atoms with E-state index in [-0.39, 0.29) is 5.75 Å². The van der Waals surface area contributed by atoms with E-state index in [1.54, 1.807) is 0 Å². The van der Waals surface area contributed by atoms with Crippen LogP contribution < -0.4 is 11.5 Å². The van der Waals surface area contributed by atoms with Crippen LogP contribution in [0.1, 0.15) is 0 Å². The monoisotopic (exact) mass is 124 g/mol. The molecule has 0 atom stereocenters. The lowest BCUT2D eigenvalue weighted by molar-refractivity contribution is 0.256. The van der Waals surface area contributed by atoms with Crippen LogP contribution in [0, 0.1) is 0 Å². The SMILES string of the molecule is NC(N)=O.O=CCl. The smallest absolute Gasteiger partial charge is 0.309 e. The third-order valence-corrected chi connectivity index (χ3v) is 0. The number of hydrogen-bond acceptors (Lipinski definition) is 2. The third kappa shape index (κ3) is 92.0.